The molecule has 0 amide bonds. The molecule has 0 radical (unpaired) electrons. The lowest BCUT2D eigenvalue weighted by atomic mass is 9.81. The molecule has 0 heterocycles. The second kappa shape index (κ2) is 8.58. The van der Waals surface area contributed by atoms with Crippen molar-refractivity contribution in [1.29, 1.82) is 0 Å². The minimum atomic E-state index is 0.307. The third kappa shape index (κ3) is 4.15. The predicted molar refractivity (Wildman–Crippen MR) is 118 cm³/mol. The fourth-order valence-corrected chi connectivity index (χ4v) is 3.70. The van der Waals surface area contributed by atoms with E-state index in [1.54, 1.807) is 7.11 Å². The number of ether oxygens (including phenoxy) is 1. The van der Waals surface area contributed by atoms with Crippen LogP contribution in [0.3, 0.4) is 0 Å². The highest BCUT2D eigenvalue weighted by Gasteiger charge is 2.21. The second-order valence-electron chi connectivity index (χ2n) is 7.01. The van der Waals surface area contributed by atoms with E-state index in [4.69, 9.17) is 4.74 Å². The zero-order chi connectivity index (χ0) is 19.2. The minimum absolute atomic E-state index is 0.307. The van der Waals surface area contributed by atoms with E-state index in [-0.39, 0.29) is 0 Å². The molecule has 1 aliphatic rings. The molecule has 0 unspecified atom stereocenters. The smallest absolute Gasteiger partial charge is 0.118 e. The lowest BCUT2D eigenvalue weighted by molar-refractivity contribution is 0.415. The summed E-state index contributed by atoms with van der Waals surface area (Å²) in [5.41, 5.74) is 5.04. The Hall–Kier alpha value is -3.32. The molecule has 2 atom stereocenters. The molecule has 28 heavy (non-hydrogen) atoms. The zero-order valence-electron chi connectivity index (χ0n) is 16.0. The van der Waals surface area contributed by atoms with Gasteiger partial charge < -0.3 is 4.74 Å². The van der Waals surface area contributed by atoms with Crippen LogP contribution in [-0.2, 0) is 0 Å². The molecule has 1 heteroatoms. The SMILES string of the molecule is COc1ccc(C=C2C=C[C@H](c3ccccc3)[C@@H](c3ccccc3)C=C2)cc1. The molecule has 1 nitrogen and oxygen atoms in total. The Kier molecular flexibility index (Phi) is 5.53. The average Bonchev–Trinajstić information content (AvgIpc) is 2.98. The van der Waals surface area contributed by atoms with Crippen LogP contribution in [-0.4, -0.2) is 7.11 Å². The Balaban J connectivity index is 1.71. The van der Waals surface area contributed by atoms with Gasteiger partial charge in [0.15, 0.2) is 0 Å². The normalized spacial score (nSPS) is 18.5. The average molecular weight is 364 g/mol. The molecule has 0 saturated heterocycles. The maximum Gasteiger partial charge on any atom is 0.118 e. The summed E-state index contributed by atoms with van der Waals surface area (Å²) in [6, 6.07) is 29.7. The molecular formula is C27H24O. The second-order valence-corrected chi connectivity index (χ2v) is 7.01. The molecule has 3 aromatic carbocycles. The Bertz CT molecular complexity index is 922. The van der Waals surface area contributed by atoms with E-state index in [0.717, 1.165) is 5.75 Å². The van der Waals surface area contributed by atoms with Crippen molar-refractivity contribution in [2.24, 2.45) is 0 Å². The number of hydrogen-bond acceptors (Lipinski definition) is 1. The van der Waals surface area contributed by atoms with Gasteiger partial charge in [-0.3, -0.25) is 0 Å². The Labute approximate surface area is 167 Å². The quantitative estimate of drug-likeness (QED) is 0.496. The summed E-state index contributed by atoms with van der Waals surface area (Å²) in [5.74, 6) is 1.49. The van der Waals surface area contributed by atoms with Gasteiger partial charge in [0.1, 0.15) is 5.75 Å². The molecule has 0 aliphatic heterocycles. The van der Waals surface area contributed by atoms with Gasteiger partial charge in [-0.05, 0) is 40.5 Å². The van der Waals surface area contributed by atoms with Gasteiger partial charge >= 0.3 is 0 Å². The van der Waals surface area contributed by atoms with Crippen LogP contribution < -0.4 is 4.74 Å². The first-order valence-corrected chi connectivity index (χ1v) is 9.65. The first-order chi connectivity index (χ1) is 13.8. The minimum Gasteiger partial charge on any atom is -0.497 e. The van der Waals surface area contributed by atoms with Gasteiger partial charge in [0, 0.05) is 11.8 Å². The maximum atomic E-state index is 5.26. The highest BCUT2D eigenvalue weighted by molar-refractivity contribution is 5.61. The standard InChI is InChI=1S/C27H24O/c1-28-25-16-12-21(13-17-25)20-22-14-18-26(23-8-4-2-5-9-23)27(19-15-22)24-10-6-3-7-11-24/h2-20,26-27H,1H3/t26-,27-/m1/s1. The molecular weight excluding hydrogens is 340 g/mol. The van der Waals surface area contributed by atoms with Crippen molar-refractivity contribution in [3.63, 3.8) is 0 Å². The summed E-state index contributed by atoms with van der Waals surface area (Å²) in [5, 5.41) is 0. The van der Waals surface area contributed by atoms with Gasteiger partial charge in [-0.25, -0.2) is 0 Å². The van der Waals surface area contributed by atoms with Gasteiger partial charge in [-0.2, -0.15) is 0 Å². The van der Waals surface area contributed by atoms with Crippen LogP contribution in [0.5, 0.6) is 5.75 Å². The molecule has 4 rings (SSSR count). The van der Waals surface area contributed by atoms with Crippen molar-refractivity contribution >= 4 is 6.08 Å². The van der Waals surface area contributed by atoms with Crippen LogP contribution >= 0.6 is 0 Å². The summed E-state index contributed by atoms with van der Waals surface area (Å²) in [6.45, 7) is 0. The van der Waals surface area contributed by atoms with Gasteiger partial charge in [0.05, 0.1) is 7.11 Å². The molecule has 0 saturated carbocycles. The molecule has 3 aromatic rings. The van der Waals surface area contributed by atoms with Crippen LogP contribution in [0.25, 0.3) is 6.08 Å². The lowest BCUT2D eigenvalue weighted by Crippen LogP contribution is -2.06. The topological polar surface area (TPSA) is 9.23 Å². The largest absolute Gasteiger partial charge is 0.497 e. The van der Waals surface area contributed by atoms with Gasteiger partial charge in [-0.15, -0.1) is 0 Å². The van der Waals surface area contributed by atoms with Crippen LogP contribution in [0.15, 0.2) is 115 Å². The number of hydrogen-bond donors (Lipinski definition) is 0. The van der Waals surface area contributed by atoms with E-state index in [1.807, 2.05) is 12.1 Å². The molecule has 0 fully saturated rings. The van der Waals surface area contributed by atoms with E-state index < -0.39 is 0 Å². The summed E-state index contributed by atoms with van der Waals surface area (Å²) in [6.07, 6.45) is 11.4. The van der Waals surface area contributed by atoms with Crippen LogP contribution in [0.2, 0.25) is 0 Å². The van der Waals surface area contributed by atoms with Gasteiger partial charge in [0.2, 0.25) is 0 Å². The number of allylic oxidation sites excluding steroid dienone is 5. The number of rotatable bonds is 4. The van der Waals surface area contributed by atoms with Crippen molar-refractivity contribution in [2.75, 3.05) is 7.11 Å². The maximum absolute atomic E-state index is 5.26. The van der Waals surface area contributed by atoms with Crippen molar-refractivity contribution in [3.05, 3.63) is 131 Å². The summed E-state index contributed by atoms with van der Waals surface area (Å²) >= 11 is 0. The van der Waals surface area contributed by atoms with Crippen molar-refractivity contribution in [1.82, 2.24) is 0 Å². The van der Waals surface area contributed by atoms with Crippen LogP contribution in [0.4, 0.5) is 0 Å². The number of benzene rings is 3. The Morgan fingerprint density at radius 1 is 0.643 bits per heavy atom. The molecule has 0 bridgehead atoms. The van der Waals surface area contributed by atoms with E-state index >= 15 is 0 Å². The predicted octanol–water partition coefficient (Wildman–Crippen LogP) is 6.77. The fourth-order valence-electron chi connectivity index (χ4n) is 3.70. The third-order valence-electron chi connectivity index (χ3n) is 5.20. The summed E-state index contributed by atoms with van der Waals surface area (Å²) in [4.78, 5) is 0. The van der Waals surface area contributed by atoms with Gasteiger partial charge in [-0.1, -0.05) is 97.1 Å². The molecule has 0 aromatic heterocycles. The van der Waals surface area contributed by atoms with E-state index in [2.05, 4.69) is 103 Å². The summed E-state index contributed by atoms with van der Waals surface area (Å²) < 4.78 is 5.26. The van der Waals surface area contributed by atoms with E-state index in [0.29, 0.717) is 11.8 Å². The molecule has 0 N–H and O–H groups in total. The highest BCUT2D eigenvalue weighted by atomic mass is 16.5. The Morgan fingerprint density at radius 2 is 1.14 bits per heavy atom. The third-order valence-corrected chi connectivity index (χ3v) is 5.20. The van der Waals surface area contributed by atoms with Crippen LogP contribution in [0.1, 0.15) is 28.5 Å². The first-order valence-electron chi connectivity index (χ1n) is 9.65. The zero-order valence-corrected chi connectivity index (χ0v) is 16.0. The van der Waals surface area contributed by atoms with E-state index in [1.165, 1.54) is 22.3 Å². The number of methoxy groups -OCH3 is 1. The lowest BCUT2D eigenvalue weighted by Gasteiger charge is -2.22. The Morgan fingerprint density at radius 3 is 1.61 bits per heavy atom. The van der Waals surface area contributed by atoms with Crippen LogP contribution in [0, 0.1) is 0 Å². The summed E-state index contributed by atoms with van der Waals surface area (Å²) in [7, 11) is 1.69. The molecule has 138 valence electrons. The van der Waals surface area contributed by atoms with E-state index in [9.17, 15) is 0 Å². The highest BCUT2D eigenvalue weighted by Crippen LogP contribution is 2.37. The fraction of sp³-hybridized carbons (Fsp3) is 0.111. The molecule has 0 spiro atoms. The van der Waals surface area contributed by atoms with Crippen molar-refractivity contribution in [3.8, 4) is 5.75 Å². The monoisotopic (exact) mass is 364 g/mol. The van der Waals surface area contributed by atoms with Crippen molar-refractivity contribution in [2.45, 2.75) is 11.8 Å². The van der Waals surface area contributed by atoms with Crippen molar-refractivity contribution < 1.29 is 4.74 Å². The first kappa shape index (κ1) is 18.1. The molecule has 1 aliphatic carbocycles. The van der Waals surface area contributed by atoms with Gasteiger partial charge in [0.25, 0.3) is 0 Å².